The van der Waals surface area contributed by atoms with Crippen molar-refractivity contribution < 1.29 is 22.8 Å². The van der Waals surface area contributed by atoms with Crippen LogP contribution in [0.1, 0.15) is 13.8 Å². The molecule has 122 valence electrons. The van der Waals surface area contributed by atoms with Gasteiger partial charge in [-0.2, -0.15) is 13.2 Å². The number of benzene rings is 1. The summed E-state index contributed by atoms with van der Waals surface area (Å²) in [5, 5.41) is 7.18. The lowest BCUT2D eigenvalue weighted by Gasteiger charge is -2.16. The zero-order valence-electron chi connectivity index (χ0n) is 12.0. The number of urea groups is 1. The van der Waals surface area contributed by atoms with Crippen LogP contribution in [0.25, 0.3) is 0 Å². The number of amides is 3. The van der Waals surface area contributed by atoms with Crippen LogP contribution in [0.5, 0.6) is 0 Å². The summed E-state index contributed by atoms with van der Waals surface area (Å²) in [4.78, 5) is 23.1. The van der Waals surface area contributed by atoms with Gasteiger partial charge < -0.3 is 16.0 Å². The highest BCUT2D eigenvalue weighted by Gasteiger charge is 2.30. The van der Waals surface area contributed by atoms with Crippen LogP contribution in [-0.2, 0) is 4.79 Å². The van der Waals surface area contributed by atoms with Crippen LogP contribution in [-0.4, -0.2) is 30.0 Å². The molecular formula is C13H16F3N3O2S. The first-order chi connectivity index (χ1) is 10.2. The van der Waals surface area contributed by atoms with Crippen molar-refractivity contribution in [3.8, 4) is 0 Å². The molecule has 0 aliphatic carbocycles. The summed E-state index contributed by atoms with van der Waals surface area (Å²) in [5.41, 5.74) is -4.44. The van der Waals surface area contributed by atoms with E-state index in [2.05, 4.69) is 16.0 Å². The Morgan fingerprint density at radius 1 is 1.27 bits per heavy atom. The topological polar surface area (TPSA) is 70.2 Å². The summed E-state index contributed by atoms with van der Waals surface area (Å²) in [6.07, 6.45) is 0. The number of anilines is 1. The molecule has 9 heteroatoms. The SMILES string of the molecule is CCNC(=O)[C@@H](C)NC(=O)Nc1ccccc1SC(F)(F)F. The van der Waals surface area contributed by atoms with Crippen molar-refractivity contribution in [2.24, 2.45) is 0 Å². The van der Waals surface area contributed by atoms with Gasteiger partial charge in [0.1, 0.15) is 6.04 Å². The molecule has 0 saturated heterocycles. The Kier molecular flexibility index (Phi) is 6.54. The molecule has 0 bridgehead atoms. The van der Waals surface area contributed by atoms with E-state index in [1.54, 1.807) is 6.92 Å². The number of thioether (sulfide) groups is 1. The highest BCUT2D eigenvalue weighted by atomic mass is 32.2. The van der Waals surface area contributed by atoms with Crippen LogP contribution in [0.15, 0.2) is 29.2 Å². The molecule has 0 saturated carbocycles. The highest BCUT2D eigenvalue weighted by molar-refractivity contribution is 8.00. The second kappa shape index (κ2) is 7.92. The normalized spacial score (nSPS) is 12.4. The van der Waals surface area contributed by atoms with Crippen molar-refractivity contribution >= 4 is 29.4 Å². The molecule has 0 aromatic heterocycles. The molecule has 0 aliphatic rings. The van der Waals surface area contributed by atoms with Gasteiger partial charge in [0.05, 0.1) is 5.69 Å². The first kappa shape index (κ1) is 18.1. The Bertz CT molecular complexity index is 538. The zero-order valence-corrected chi connectivity index (χ0v) is 12.8. The van der Waals surface area contributed by atoms with Gasteiger partial charge in [-0.1, -0.05) is 12.1 Å². The second-order valence-corrected chi connectivity index (χ2v) is 5.37. The van der Waals surface area contributed by atoms with Gasteiger partial charge >= 0.3 is 11.5 Å². The summed E-state index contributed by atoms with van der Waals surface area (Å²) < 4.78 is 37.3. The van der Waals surface area contributed by atoms with E-state index < -0.39 is 17.6 Å². The molecule has 1 aromatic carbocycles. The molecule has 22 heavy (non-hydrogen) atoms. The van der Waals surface area contributed by atoms with Crippen molar-refractivity contribution in [1.82, 2.24) is 10.6 Å². The highest BCUT2D eigenvalue weighted by Crippen LogP contribution is 2.40. The number of carbonyl (C=O) groups excluding carboxylic acids is 2. The number of rotatable bonds is 5. The van der Waals surface area contributed by atoms with Crippen molar-refractivity contribution in [3.05, 3.63) is 24.3 Å². The van der Waals surface area contributed by atoms with Gasteiger partial charge in [0.25, 0.3) is 0 Å². The van der Waals surface area contributed by atoms with Gasteiger partial charge in [-0.25, -0.2) is 4.79 Å². The quantitative estimate of drug-likeness (QED) is 0.725. The molecule has 1 aromatic rings. The van der Waals surface area contributed by atoms with E-state index in [9.17, 15) is 22.8 Å². The predicted octanol–water partition coefficient (Wildman–Crippen LogP) is 2.94. The van der Waals surface area contributed by atoms with E-state index in [4.69, 9.17) is 0 Å². The molecule has 0 aliphatic heterocycles. The Labute approximate surface area is 130 Å². The number of hydrogen-bond acceptors (Lipinski definition) is 3. The minimum atomic E-state index is -4.46. The molecule has 0 heterocycles. The summed E-state index contributed by atoms with van der Waals surface area (Å²) in [6.45, 7) is 3.62. The van der Waals surface area contributed by atoms with Crippen molar-refractivity contribution in [2.45, 2.75) is 30.3 Å². The molecule has 3 amide bonds. The summed E-state index contributed by atoms with van der Waals surface area (Å²) in [5.74, 6) is -0.379. The smallest absolute Gasteiger partial charge is 0.355 e. The molecular weight excluding hydrogens is 319 g/mol. The van der Waals surface area contributed by atoms with E-state index in [-0.39, 0.29) is 28.3 Å². The maximum Gasteiger partial charge on any atom is 0.446 e. The minimum Gasteiger partial charge on any atom is -0.355 e. The molecule has 0 spiro atoms. The molecule has 1 atom stereocenters. The molecule has 0 fully saturated rings. The largest absolute Gasteiger partial charge is 0.446 e. The lowest BCUT2D eigenvalue weighted by atomic mass is 10.3. The van der Waals surface area contributed by atoms with Gasteiger partial charge in [-0.05, 0) is 37.7 Å². The van der Waals surface area contributed by atoms with E-state index in [0.717, 1.165) is 0 Å². The van der Waals surface area contributed by atoms with Crippen LogP contribution in [0, 0.1) is 0 Å². The van der Waals surface area contributed by atoms with Gasteiger partial charge in [-0.15, -0.1) is 0 Å². The standard InChI is InChI=1S/C13H16F3N3O2S/c1-3-17-11(20)8(2)18-12(21)19-9-6-4-5-7-10(9)22-13(14,15)16/h4-8H,3H2,1-2H3,(H,17,20)(H2,18,19,21)/t8-/m1/s1. The lowest BCUT2D eigenvalue weighted by Crippen LogP contribution is -2.46. The fourth-order valence-electron chi connectivity index (χ4n) is 1.53. The molecule has 5 nitrogen and oxygen atoms in total. The Morgan fingerprint density at radius 3 is 2.50 bits per heavy atom. The molecule has 3 N–H and O–H groups in total. The van der Waals surface area contributed by atoms with Gasteiger partial charge in [0.15, 0.2) is 0 Å². The molecule has 0 radical (unpaired) electrons. The average Bonchev–Trinajstić information content (AvgIpc) is 2.39. The van der Waals surface area contributed by atoms with E-state index in [1.165, 1.54) is 31.2 Å². The number of carbonyl (C=O) groups is 2. The average molecular weight is 335 g/mol. The number of para-hydroxylation sites is 1. The fourth-order valence-corrected chi connectivity index (χ4v) is 2.16. The summed E-state index contributed by atoms with van der Waals surface area (Å²) in [6, 6.07) is 3.99. The maximum atomic E-state index is 12.4. The number of alkyl halides is 3. The van der Waals surface area contributed by atoms with Gasteiger partial charge in [0.2, 0.25) is 5.91 Å². The Balaban J connectivity index is 2.70. The van der Waals surface area contributed by atoms with Crippen molar-refractivity contribution in [2.75, 3.05) is 11.9 Å². The number of hydrogen-bond donors (Lipinski definition) is 3. The van der Waals surface area contributed by atoms with Gasteiger partial charge in [-0.3, -0.25) is 4.79 Å². The molecule has 0 unspecified atom stereocenters. The fraction of sp³-hybridized carbons (Fsp3) is 0.385. The lowest BCUT2D eigenvalue weighted by molar-refractivity contribution is -0.122. The number of nitrogens with one attached hydrogen (secondary N) is 3. The van der Waals surface area contributed by atoms with Crippen LogP contribution in [0.4, 0.5) is 23.7 Å². The first-order valence-electron chi connectivity index (χ1n) is 6.43. The van der Waals surface area contributed by atoms with Crippen molar-refractivity contribution in [3.63, 3.8) is 0 Å². The monoisotopic (exact) mass is 335 g/mol. The van der Waals surface area contributed by atoms with Crippen LogP contribution < -0.4 is 16.0 Å². The number of halogens is 3. The maximum absolute atomic E-state index is 12.4. The van der Waals surface area contributed by atoms with Crippen LogP contribution in [0.2, 0.25) is 0 Å². The van der Waals surface area contributed by atoms with E-state index in [0.29, 0.717) is 6.54 Å². The Hall–Kier alpha value is -1.90. The zero-order chi connectivity index (χ0) is 16.8. The third kappa shape index (κ3) is 6.25. The summed E-state index contributed by atoms with van der Waals surface area (Å²) in [7, 11) is 0. The second-order valence-electron chi connectivity index (χ2n) is 4.26. The molecule has 1 rings (SSSR count). The van der Waals surface area contributed by atoms with Crippen LogP contribution in [0.3, 0.4) is 0 Å². The number of likely N-dealkylation sites (N-methyl/N-ethyl adjacent to an activating group) is 1. The van der Waals surface area contributed by atoms with Crippen LogP contribution >= 0.6 is 11.8 Å². The predicted molar refractivity (Wildman–Crippen MR) is 78.7 cm³/mol. The minimum absolute atomic E-state index is 0.0189. The third-order valence-corrected chi connectivity index (χ3v) is 3.26. The first-order valence-corrected chi connectivity index (χ1v) is 7.24. The Morgan fingerprint density at radius 2 is 1.91 bits per heavy atom. The summed E-state index contributed by atoms with van der Waals surface area (Å²) >= 11 is -0.319. The van der Waals surface area contributed by atoms with Crippen molar-refractivity contribution in [1.29, 1.82) is 0 Å². The van der Waals surface area contributed by atoms with E-state index in [1.807, 2.05) is 0 Å². The third-order valence-electron chi connectivity index (χ3n) is 2.45. The van der Waals surface area contributed by atoms with E-state index >= 15 is 0 Å². The van der Waals surface area contributed by atoms with Gasteiger partial charge in [0, 0.05) is 11.4 Å².